The number of alkyl halides is 2. The lowest BCUT2D eigenvalue weighted by Gasteiger charge is -2.14. The lowest BCUT2D eigenvalue weighted by molar-refractivity contribution is -0.127. The second-order valence-electron chi connectivity index (χ2n) is 7.04. The van der Waals surface area contributed by atoms with Crippen molar-refractivity contribution in [1.29, 1.82) is 0 Å². The maximum absolute atomic E-state index is 14.8. The number of carbonyl (C=O) groups excluding carboxylic acids is 2. The molecule has 1 aliphatic rings. The van der Waals surface area contributed by atoms with Crippen molar-refractivity contribution in [2.24, 2.45) is 0 Å². The van der Waals surface area contributed by atoms with Crippen molar-refractivity contribution in [3.8, 4) is 11.1 Å². The molecule has 2 amide bonds. The van der Waals surface area contributed by atoms with Crippen LogP contribution < -0.4 is 15.5 Å². The van der Waals surface area contributed by atoms with Gasteiger partial charge in [0.2, 0.25) is 0 Å². The molecule has 0 unspecified atom stereocenters. The molecule has 2 N–H and O–H groups in total. The van der Waals surface area contributed by atoms with E-state index in [2.05, 4.69) is 10.6 Å². The van der Waals surface area contributed by atoms with Crippen molar-refractivity contribution in [3.05, 3.63) is 53.8 Å². The van der Waals surface area contributed by atoms with E-state index in [1.807, 2.05) is 12.1 Å². The Bertz CT molecular complexity index is 909. The minimum absolute atomic E-state index is 0.0835. The molecule has 3 rings (SSSR count). The Morgan fingerprint density at radius 1 is 1.10 bits per heavy atom. The average molecular weight is 435 g/mol. The second kappa shape index (κ2) is 10.8. The molecular weight excluding hydrogens is 411 g/mol. The molecular formula is C22H24F3N3O3. The zero-order valence-corrected chi connectivity index (χ0v) is 16.9. The molecule has 1 fully saturated rings. The fourth-order valence-corrected chi connectivity index (χ4v) is 3.23. The molecule has 1 saturated heterocycles. The number of anilines is 1. The summed E-state index contributed by atoms with van der Waals surface area (Å²) in [5, 5.41) is 5.45. The first-order valence-corrected chi connectivity index (χ1v) is 10.0. The van der Waals surface area contributed by atoms with Crippen LogP contribution in [0.5, 0.6) is 0 Å². The van der Waals surface area contributed by atoms with Crippen LogP contribution in [0.15, 0.2) is 42.5 Å². The highest BCUT2D eigenvalue weighted by Crippen LogP contribution is 2.29. The predicted molar refractivity (Wildman–Crippen MR) is 111 cm³/mol. The SMILES string of the molecule is O=C(NCCF)[C@H]1CN(c2ccc(-c3ccc(CNCCCF)cc3)c(F)c2)C(=O)O1. The van der Waals surface area contributed by atoms with Gasteiger partial charge in [0, 0.05) is 18.7 Å². The number of rotatable bonds is 10. The topological polar surface area (TPSA) is 70.7 Å². The third kappa shape index (κ3) is 5.75. The van der Waals surface area contributed by atoms with Gasteiger partial charge in [-0.25, -0.2) is 13.6 Å². The Morgan fingerprint density at radius 2 is 1.87 bits per heavy atom. The maximum Gasteiger partial charge on any atom is 0.415 e. The zero-order valence-electron chi connectivity index (χ0n) is 16.9. The van der Waals surface area contributed by atoms with Crippen LogP contribution in [0.4, 0.5) is 23.7 Å². The number of halogens is 3. The van der Waals surface area contributed by atoms with E-state index in [-0.39, 0.29) is 25.5 Å². The highest BCUT2D eigenvalue weighted by atomic mass is 19.1. The number of ether oxygens (including phenoxy) is 1. The molecule has 9 heteroatoms. The van der Waals surface area contributed by atoms with Crippen molar-refractivity contribution in [1.82, 2.24) is 10.6 Å². The van der Waals surface area contributed by atoms with Crippen molar-refractivity contribution < 1.29 is 27.5 Å². The zero-order chi connectivity index (χ0) is 22.2. The maximum atomic E-state index is 14.8. The Hall–Kier alpha value is -3.07. The van der Waals surface area contributed by atoms with E-state index in [0.717, 1.165) is 5.56 Å². The second-order valence-corrected chi connectivity index (χ2v) is 7.04. The van der Waals surface area contributed by atoms with Gasteiger partial charge in [-0.1, -0.05) is 24.3 Å². The summed E-state index contributed by atoms with van der Waals surface area (Å²) in [6, 6.07) is 11.7. The van der Waals surface area contributed by atoms with E-state index in [0.29, 0.717) is 30.6 Å². The lowest BCUT2D eigenvalue weighted by Crippen LogP contribution is -2.38. The molecule has 2 aromatic carbocycles. The third-order valence-corrected chi connectivity index (χ3v) is 4.84. The van der Waals surface area contributed by atoms with Gasteiger partial charge >= 0.3 is 6.09 Å². The summed E-state index contributed by atoms with van der Waals surface area (Å²) in [6.45, 7) is -0.143. The first-order chi connectivity index (χ1) is 15.0. The molecule has 0 radical (unpaired) electrons. The molecule has 1 atom stereocenters. The van der Waals surface area contributed by atoms with Crippen LogP contribution in [0.25, 0.3) is 11.1 Å². The molecule has 1 heterocycles. The van der Waals surface area contributed by atoms with Gasteiger partial charge in [0.15, 0.2) is 6.10 Å². The van der Waals surface area contributed by atoms with Gasteiger partial charge in [-0.3, -0.25) is 14.1 Å². The van der Waals surface area contributed by atoms with Gasteiger partial charge in [0.05, 0.1) is 18.9 Å². The molecule has 0 aromatic heterocycles. The number of cyclic esters (lactones) is 1. The summed E-state index contributed by atoms with van der Waals surface area (Å²) < 4.78 is 44.1. The Kier molecular flexibility index (Phi) is 7.88. The van der Waals surface area contributed by atoms with E-state index in [9.17, 15) is 22.8 Å². The van der Waals surface area contributed by atoms with E-state index < -0.39 is 30.6 Å². The summed E-state index contributed by atoms with van der Waals surface area (Å²) >= 11 is 0. The molecule has 31 heavy (non-hydrogen) atoms. The summed E-state index contributed by atoms with van der Waals surface area (Å²) in [6.07, 6.45) is -1.38. The summed E-state index contributed by atoms with van der Waals surface area (Å²) in [5.74, 6) is -1.12. The molecule has 0 saturated carbocycles. The number of hydrogen-bond donors (Lipinski definition) is 2. The van der Waals surface area contributed by atoms with Crippen LogP contribution >= 0.6 is 0 Å². The van der Waals surface area contributed by atoms with Crippen molar-refractivity contribution in [2.75, 3.05) is 37.9 Å². The van der Waals surface area contributed by atoms with Gasteiger partial charge in [-0.15, -0.1) is 0 Å². The number of hydrogen-bond acceptors (Lipinski definition) is 4. The van der Waals surface area contributed by atoms with Crippen molar-refractivity contribution in [3.63, 3.8) is 0 Å². The van der Waals surface area contributed by atoms with Crippen molar-refractivity contribution in [2.45, 2.75) is 19.1 Å². The molecule has 0 spiro atoms. The highest BCUT2D eigenvalue weighted by molar-refractivity contribution is 5.95. The summed E-state index contributed by atoms with van der Waals surface area (Å²) in [7, 11) is 0. The number of benzene rings is 2. The molecule has 1 aliphatic heterocycles. The smallest absolute Gasteiger partial charge is 0.415 e. The summed E-state index contributed by atoms with van der Waals surface area (Å²) in [4.78, 5) is 25.1. The summed E-state index contributed by atoms with van der Waals surface area (Å²) in [5.41, 5.74) is 2.30. The van der Waals surface area contributed by atoms with Crippen LogP contribution in [-0.2, 0) is 16.1 Å². The quantitative estimate of drug-likeness (QED) is 0.562. The van der Waals surface area contributed by atoms with E-state index in [4.69, 9.17) is 4.74 Å². The van der Waals surface area contributed by atoms with E-state index in [1.165, 1.54) is 11.0 Å². The van der Waals surface area contributed by atoms with Crippen LogP contribution in [0.2, 0.25) is 0 Å². The third-order valence-electron chi connectivity index (χ3n) is 4.84. The molecule has 2 aromatic rings. The average Bonchev–Trinajstić information content (AvgIpc) is 3.17. The van der Waals surface area contributed by atoms with Crippen molar-refractivity contribution >= 4 is 17.7 Å². The molecule has 166 valence electrons. The van der Waals surface area contributed by atoms with Crippen LogP contribution in [0.1, 0.15) is 12.0 Å². The van der Waals surface area contributed by atoms with Gasteiger partial charge in [0.25, 0.3) is 5.91 Å². The Balaban J connectivity index is 1.66. The Morgan fingerprint density at radius 3 is 2.55 bits per heavy atom. The number of amides is 2. The number of nitrogens with zero attached hydrogens (tertiary/aromatic N) is 1. The van der Waals surface area contributed by atoms with Gasteiger partial charge in [0.1, 0.15) is 12.5 Å². The molecule has 0 bridgehead atoms. The minimum Gasteiger partial charge on any atom is -0.434 e. The van der Waals surface area contributed by atoms with Gasteiger partial charge in [-0.2, -0.15) is 0 Å². The fraction of sp³-hybridized carbons (Fsp3) is 0.364. The fourth-order valence-electron chi connectivity index (χ4n) is 3.23. The number of carbonyl (C=O) groups is 2. The number of nitrogens with one attached hydrogen (secondary N) is 2. The highest BCUT2D eigenvalue weighted by Gasteiger charge is 2.37. The minimum atomic E-state index is -1.08. The van der Waals surface area contributed by atoms with E-state index >= 15 is 0 Å². The van der Waals surface area contributed by atoms with Gasteiger partial charge < -0.3 is 15.4 Å². The lowest BCUT2D eigenvalue weighted by atomic mass is 10.0. The monoisotopic (exact) mass is 435 g/mol. The van der Waals surface area contributed by atoms with Crippen LogP contribution in [0.3, 0.4) is 0 Å². The largest absolute Gasteiger partial charge is 0.434 e. The molecule has 0 aliphatic carbocycles. The van der Waals surface area contributed by atoms with Crippen LogP contribution in [-0.4, -0.2) is 51.1 Å². The standard InChI is InChI=1S/C22H24F3N3O3/c23-8-1-10-26-13-15-2-4-16(5-3-15)18-7-6-17(12-19(18)25)28-14-20(31-22(28)30)21(29)27-11-9-24/h2-7,12,20,26H,1,8-11,13-14H2,(H,27,29)/t20-/m1/s1. The first-order valence-electron chi connectivity index (χ1n) is 10.0. The first kappa shape index (κ1) is 22.6. The van der Waals surface area contributed by atoms with Crippen LogP contribution in [0, 0.1) is 5.82 Å². The Labute approximate surface area is 178 Å². The normalized spacial score (nSPS) is 15.8. The van der Waals surface area contributed by atoms with Gasteiger partial charge in [-0.05, 0) is 42.3 Å². The van der Waals surface area contributed by atoms with E-state index in [1.54, 1.807) is 24.3 Å². The molecule has 6 nitrogen and oxygen atoms in total. The predicted octanol–water partition coefficient (Wildman–Crippen LogP) is 3.35.